The van der Waals surface area contributed by atoms with Gasteiger partial charge in [0.15, 0.2) is 0 Å². The molecule has 0 aliphatic carbocycles. The number of carbonyl (C=O) groups is 1. The highest BCUT2D eigenvalue weighted by Gasteiger charge is 2.11. The maximum absolute atomic E-state index is 12.7. The Kier molecular flexibility index (Phi) is 6.66. The van der Waals surface area contributed by atoms with Crippen LogP contribution in [0.1, 0.15) is 35.3 Å². The lowest BCUT2D eigenvalue weighted by Crippen LogP contribution is -2.13. The first-order valence-corrected chi connectivity index (χ1v) is 9.64. The Morgan fingerprint density at radius 2 is 1.97 bits per heavy atom. The molecule has 1 N–H and O–H groups in total. The SMILES string of the molecule is Cc1cc(Oc2ncccc2C#N)ccc1NC(=O)c1cccc(OCC(C)C)c1. The van der Waals surface area contributed by atoms with Gasteiger partial charge in [0.05, 0.1) is 6.61 Å². The molecule has 6 nitrogen and oxygen atoms in total. The molecule has 0 radical (unpaired) electrons. The zero-order valence-corrected chi connectivity index (χ0v) is 17.2. The van der Waals surface area contributed by atoms with Crippen molar-refractivity contribution in [2.45, 2.75) is 20.8 Å². The van der Waals surface area contributed by atoms with Crippen molar-refractivity contribution < 1.29 is 14.3 Å². The second-order valence-corrected chi connectivity index (χ2v) is 7.23. The number of anilines is 1. The van der Waals surface area contributed by atoms with Gasteiger partial charge in [-0.05, 0) is 66.9 Å². The molecule has 0 spiro atoms. The van der Waals surface area contributed by atoms with Crippen LogP contribution in [0.3, 0.4) is 0 Å². The summed E-state index contributed by atoms with van der Waals surface area (Å²) in [7, 11) is 0. The first-order chi connectivity index (χ1) is 14.5. The van der Waals surface area contributed by atoms with Crippen LogP contribution in [0.5, 0.6) is 17.4 Å². The van der Waals surface area contributed by atoms with Crippen molar-refractivity contribution >= 4 is 11.6 Å². The molecule has 3 rings (SSSR count). The molecular weight excluding hydrogens is 378 g/mol. The Morgan fingerprint density at radius 3 is 2.70 bits per heavy atom. The average molecular weight is 401 g/mol. The predicted octanol–water partition coefficient (Wildman–Crippen LogP) is 5.34. The van der Waals surface area contributed by atoms with Crippen molar-refractivity contribution in [3.8, 4) is 23.4 Å². The van der Waals surface area contributed by atoms with Crippen LogP contribution in [-0.4, -0.2) is 17.5 Å². The lowest BCUT2D eigenvalue weighted by atomic mass is 10.1. The molecule has 0 fully saturated rings. The highest BCUT2D eigenvalue weighted by molar-refractivity contribution is 6.04. The fourth-order valence-electron chi connectivity index (χ4n) is 2.69. The number of aromatic nitrogens is 1. The van der Waals surface area contributed by atoms with E-state index in [0.29, 0.717) is 40.8 Å². The molecule has 0 atom stereocenters. The Labute approximate surface area is 176 Å². The number of rotatable bonds is 7. The second-order valence-electron chi connectivity index (χ2n) is 7.23. The topological polar surface area (TPSA) is 84.2 Å². The van der Waals surface area contributed by atoms with E-state index in [9.17, 15) is 4.79 Å². The molecule has 2 aromatic carbocycles. The first-order valence-electron chi connectivity index (χ1n) is 9.64. The third kappa shape index (κ3) is 5.36. The van der Waals surface area contributed by atoms with Gasteiger partial charge in [-0.2, -0.15) is 5.26 Å². The maximum atomic E-state index is 12.7. The molecule has 1 aromatic heterocycles. The van der Waals surface area contributed by atoms with Gasteiger partial charge in [-0.3, -0.25) is 4.79 Å². The zero-order valence-electron chi connectivity index (χ0n) is 17.2. The van der Waals surface area contributed by atoms with Gasteiger partial charge in [0, 0.05) is 17.4 Å². The molecule has 0 bridgehead atoms. The Morgan fingerprint density at radius 1 is 1.13 bits per heavy atom. The molecule has 152 valence electrons. The maximum Gasteiger partial charge on any atom is 0.255 e. The molecule has 1 heterocycles. The van der Waals surface area contributed by atoms with Crippen molar-refractivity contribution in [3.05, 3.63) is 77.5 Å². The van der Waals surface area contributed by atoms with Crippen LogP contribution in [0.25, 0.3) is 0 Å². The number of pyridine rings is 1. The number of benzene rings is 2. The van der Waals surface area contributed by atoms with Crippen molar-refractivity contribution in [2.24, 2.45) is 5.92 Å². The molecule has 0 unspecified atom stereocenters. The number of hydrogen-bond donors (Lipinski definition) is 1. The van der Waals surface area contributed by atoms with Crippen molar-refractivity contribution in [3.63, 3.8) is 0 Å². The summed E-state index contributed by atoms with van der Waals surface area (Å²) < 4.78 is 11.4. The number of carbonyl (C=O) groups excluding carboxylic acids is 1. The highest BCUT2D eigenvalue weighted by atomic mass is 16.5. The summed E-state index contributed by atoms with van der Waals surface area (Å²) in [6, 6.07) is 17.8. The summed E-state index contributed by atoms with van der Waals surface area (Å²) in [5.74, 6) is 1.62. The van der Waals surface area contributed by atoms with Crippen LogP contribution in [0, 0.1) is 24.2 Å². The summed E-state index contributed by atoms with van der Waals surface area (Å²) >= 11 is 0. The van der Waals surface area contributed by atoms with Gasteiger partial charge in [-0.1, -0.05) is 19.9 Å². The fourth-order valence-corrected chi connectivity index (χ4v) is 2.69. The number of hydrogen-bond acceptors (Lipinski definition) is 5. The number of nitrogens with zero attached hydrogens (tertiary/aromatic N) is 2. The monoisotopic (exact) mass is 401 g/mol. The molecular formula is C24H23N3O3. The van der Waals surface area contributed by atoms with Gasteiger partial charge in [0.25, 0.3) is 5.91 Å². The van der Waals surface area contributed by atoms with E-state index in [1.54, 1.807) is 54.7 Å². The van der Waals surface area contributed by atoms with Gasteiger partial charge in [-0.15, -0.1) is 0 Å². The van der Waals surface area contributed by atoms with Crippen molar-refractivity contribution in [1.29, 1.82) is 5.26 Å². The smallest absolute Gasteiger partial charge is 0.255 e. The van der Waals surface area contributed by atoms with Crippen molar-refractivity contribution in [1.82, 2.24) is 4.98 Å². The third-order valence-electron chi connectivity index (χ3n) is 4.23. The molecule has 3 aromatic rings. The van der Waals surface area contributed by atoms with E-state index in [1.165, 1.54) is 0 Å². The summed E-state index contributed by atoms with van der Waals surface area (Å²) in [6.07, 6.45) is 1.57. The van der Waals surface area contributed by atoms with E-state index in [2.05, 4.69) is 30.2 Å². The van der Waals surface area contributed by atoms with Gasteiger partial charge in [0.2, 0.25) is 5.88 Å². The molecule has 0 aliphatic rings. The lowest BCUT2D eigenvalue weighted by Gasteiger charge is -2.12. The summed E-state index contributed by atoms with van der Waals surface area (Å²) in [4.78, 5) is 16.8. The molecule has 0 saturated heterocycles. The lowest BCUT2D eigenvalue weighted by molar-refractivity contribution is 0.102. The molecule has 0 saturated carbocycles. The largest absolute Gasteiger partial charge is 0.493 e. The van der Waals surface area contributed by atoms with E-state index in [0.717, 1.165) is 5.56 Å². The Balaban J connectivity index is 1.71. The first kappa shape index (κ1) is 20.9. The minimum absolute atomic E-state index is 0.224. The molecule has 6 heteroatoms. The van der Waals surface area contributed by atoms with Crippen LogP contribution in [0.4, 0.5) is 5.69 Å². The predicted molar refractivity (Wildman–Crippen MR) is 115 cm³/mol. The normalized spacial score (nSPS) is 10.4. The molecule has 0 aliphatic heterocycles. The summed E-state index contributed by atoms with van der Waals surface area (Å²) in [6.45, 7) is 6.60. The van der Waals surface area contributed by atoms with E-state index < -0.39 is 0 Å². The van der Waals surface area contributed by atoms with Crippen LogP contribution in [0.2, 0.25) is 0 Å². The minimum atomic E-state index is -0.224. The van der Waals surface area contributed by atoms with Crippen LogP contribution >= 0.6 is 0 Å². The van der Waals surface area contributed by atoms with Crippen molar-refractivity contribution in [2.75, 3.05) is 11.9 Å². The van der Waals surface area contributed by atoms with Gasteiger partial charge in [-0.25, -0.2) is 4.98 Å². The number of aryl methyl sites for hydroxylation is 1. The van der Waals surface area contributed by atoms with E-state index in [4.69, 9.17) is 14.7 Å². The van der Waals surface area contributed by atoms with E-state index in [-0.39, 0.29) is 11.8 Å². The number of nitriles is 1. The quantitative estimate of drug-likeness (QED) is 0.577. The molecule has 1 amide bonds. The highest BCUT2D eigenvalue weighted by Crippen LogP contribution is 2.27. The average Bonchev–Trinajstić information content (AvgIpc) is 2.74. The van der Waals surface area contributed by atoms with Crippen LogP contribution < -0.4 is 14.8 Å². The standard InChI is InChI=1S/C24H23N3O3/c1-16(2)15-29-20-8-4-6-18(13-20)23(28)27-22-10-9-21(12-17(22)3)30-24-19(14-25)7-5-11-26-24/h4-13,16H,15H2,1-3H3,(H,27,28). The second kappa shape index (κ2) is 9.57. The van der Waals surface area contributed by atoms with Crippen LogP contribution in [-0.2, 0) is 0 Å². The minimum Gasteiger partial charge on any atom is -0.493 e. The number of ether oxygens (including phenoxy) is 2. The number of amides is 1. The van der Waals surface area contributed by atoms with Crippen LogP contribution in [0.15, 0.2) is 60.8 Å². The Hall–Kier alpha value is -3.85. The van der Waals surface area contributed by atoms with Gasteiger partial charge < -0.3 is 14.8 Å². The number of nitrogens with one attached hydrogen (secondary N) is 1. The third-order valence-corrected chi connectivity index (χ3v) is 4.23. The van der Waals surface area contributed by atoms with E-state index in [1.807, 2.05) is 13.0 Å². The van der Waals surface area contributed by atoms with Gasteiger partial charge in [0.1, 0.15) is 23.1 Å². The summed E-state index contributed by atoms with van der Waals surface area (Å²) in [5, 5.41) is 12.1. The fraction of sp³-hybridized carbons (Fsp3) is 0.208. The zero-order chi connectivity index (χ0) is 21.5. The van der Waals surface area contributed by atoms with Gasteiger partial charge >= 0.3 is 0 Å². The summed E-state index contributed by atoms with van der Waals surface area (Å²) in [5.41, 5.74) is 2.36. The Bertz CT molecular complexity index is 1090. The van der Waals surface area contributed by atoms with E-state index >= 15 is 0 Å². The molecule has 30 heavy (non-hydrogen) atoms.